The summed E-state index contributed by atoms with van der Waals surface area (Å²) in [6, 6.07) is 0. The first kappa shape index (κ1) is 12.6. The number of carboxylic acids is 1. The first-order chi connectivity index (χ1) is 9.06. The van der Waals surface area contributed by atoms with Gasteiger partial charge in [0.25, 0.3) is 11.8 Å². The predicted molar refractivity (Wildman–Crippen MR) is 60.2 cm³/mol. The van der Waals surface area contributed by atoms with Crippen LogP contribution in [0.15, 0.2) is 0 Å². The summed E-state index contributed by atoms with van der Waals surface area (Å²) in [4.78, 5) is 37.2. The van der Waals surface area contributed by atoms with E-state index in [0.717, 1.165) is 4.90 Å². The van der Waals surface area contributed by atoms with Crippen molar-refractivity contribution in [3.05, 3.63) is 0 Å². The number of nitrogens with zero attached hydrogens (tertiary/aromatic N) is 1. The number of hydrogen-bond donors (Lipinski definition) is 1. The number of carbonyl (C=O) groups excluding carboxylic acids is 2. The average molecular weight is 269 g/mol. The van der Waals surface area contributed by atoms with Gasteiger partial charge in [-0.05, 0) is 12.8 Å². The maximum Gasteiger partial charge on any atom is 0.330 e. The van der Waals surface area contributed by atoms with Crippen LogP contribution in [0.3, 0.4) is 0 Å². The highest BCUT2D eigenvalue weighted by Crippen LogP contribution is 2.37. The Bertz CT molecular complexity index is 420. The molecule has 3 fully saturated rings. The molecule has 3 aliphatic heterocycles. The van der Waals surface area contributed by atoms with E-state index in [9.17, 15) is 19.5 Å². The number of fused-ring (bicyclic) bond motifs is 2. The van der Waals surface area contributed by atoms with Gasteiger partial charge in [0.2, 0.25) is 0 Å². The average Bonchev–Trinajstić information content (AvgIpc) is 2.84. The quantitative estimate of drug-likeness (QED) is 0.682. The van der Waals surface area contributed by atoms with Crippen molar-refractivity contribution in [2.45, 2.75) is 43.4 Å². The number of morpholine rings is 1. The summed E-state index contributed by atoms with van der Waals surface area (Å²) in [5.74, 6) is -2.16. The van der Waals surface area contributed by atoms with Crippen molar-refractivity contribution in [2.24, 2.45) is 0 Å². The highest BCUT2D eigenvalue weighted by Gasteiger charge is 2.57. The molecule has 7 heteroatoms. The van der Waals surface area contributed by atoms with Crippen LogP contribution in [-0.2, 0) is 23.9 Å². The predicted octanol–water partition coefficient (Wildman–Crippen LogP) is -0.463. The van der Waals surface area contributed by atoms with Crippen LogP contribution in [0.5, 0.6) is 0 Å². The number of carbonyl (C=O) groups is 3. The van der Waals surface area contributed by atoms with Crippen LogP contribution in [0, 0.1) is 0 Å². The Morgan fingerprint density at radius 1 is 1.16 bits per heavy atom. The molecular formula is C12H15NO6. The molecule has 19 heavy (non-hydrogen) atoms. The number of imide groups is 1. The van der Waals surface area contributed by atoms with E-state index in [1.807, 2.05) is 0 Å². The molecule has 3 saturated heterocycles. The van der Waals surface area contributed by atoms with Gasteiger partial charge in [0.15, 0.2) is 5.54 Å². The molecule has 0 aromatic rings. The Morgan fingerprint density at radius 2 is 1.68 bits per heavy atom. The van der Waals surface area contributed by atoms with Gasteiger partial charge in [0.05, 0.1) is 0 Å². The van der Waals surface area contributed by atoms with Gasteiger partial charge < -0.3 is 14.6 Å². The Labute approximate surface area is 109 Å². The van der Waals surface area contributed by atoms with Crippen LogP contribution in [0.4, 0.5) is 0 Å². The van der Waals surface area contributed by atoms with Crippen LogP contribution in [0.25, 0.3) is 0 Å². The van der Waals surface area contributed by atoms with Gasteiger partial charge in [-0.15, -0.1) is 0 Å². The smallest absolute Gasteiger partial charge is 0.330 e. The maximum atomic E-state index is 12.3. The molecule has 0 aliphatic carbocycles. The largest absolute Gasteiger partial charge is 0.479 e. The molecule has 2 atom stereocenters. The second-order valence-corrected chi connectivity index (χ2v) is 5.15. The van der Waals surface area contributed by atoms with Crippen LogP contribution in [-0.4, -0.2) is 58.8 Å². The molecule has 0 spiro atoms. The molecule has 2 amide bonds. The van der Waals surface area contributed by atoms with Gasteiger partial charge in [-0.2, -0.15) is 0 Å². The molecule has 3 aliphatic rings. The number of amides is 2. The first-order valence-electron chi connectivity index (χ1n) is 6.41. The maximum absolute atomic E-state index is 12.3. The Morgan fingerprint density at radius 3 is 2.16 bits per heavy atom. The third-order valence-electron chi connectivity index (χ3n) is 4.16. The number of hydrogen-bond acceptors (Lipinski definition) is 5. The fourth-order valence-corrected chi connectivity index (χ4v) is 3.06. The van der Waals surface area contributed by atoms with Gasteiger partial charge in [0.1, 0.15) is 12.2 Å². The van der Waals surface area contributed by atoms with E-state index >= 15 is 0 Å². The fraction of sp³-hybridized carbons (Fsp3) is 0.750. The summed E-state index contributed by atoms with van der Waals surface area (Å²) in [6.07, 6.45) is -0.0856. The summed E-state index contributed by atoms with van der Waals surface area (Å²) in [5.41, 5.74) is -1.46. The van der Waals surface area contributed by atoms with E-state index in [2.05, 4.69) is 0 Å². The van der Waals surface area contributed by atoms with E-state index in [4.69, 9.17) is 9.47 Å². The second kappa shape index (κ2) is 4.28. The zero-order valence-electron chi connectivity index (χ0n) is 10.3. The Hall–Kier alpha value is -1.47. The minimum atomic E-state index is -1.46. The van der Waals surface area contributed by atoms with Gasteiger partial charge in [-0.25, -0.2) is 4.79 Å². The van der Waals surface area contributed by atoms with Crippen molar-refractivity contribution in [3.63, 3.8) is 0 Å². The topological polar surface area (TPSA) is 93.1 Å². The zero-order chi connectivity index (χ0) is 13.6. The summed E-state index contributed by atoms with van der Waals surface area (Å²) in [5, 5.41) is 9.53. The molecule has 0 aromatic heterocycles. The van der Waals surface area contributed by atoms with E-state index in [1.165, 1.54) is 0 Å². The molecule has 1 N–H and O–H groups in total. The zero-order valence-corrected chi connectivity index (χ0v) is 10.3. The summed E-state index contributed by atoms with van der Waals surface area (Å²) >= 11 is 0. The van der Waals surface area contributed by atoms with E-state index in [1.54, 1.807) is 0 Å². The van der Waals surface area contributed by atoms with Crippen LogP contribution in [0.1, 0.15) is 25.7 Å². The fourth-order valence-electron chi connectivity index (χ4n) is 3.06. The van der Waals surface area contributed by atoms with Crippen molar-refractivity contribution in [1.29, 1.82) is 0 Å². The Kier molecular flexibility index (Phi) is 2.83. The van der Waals surface area contributed by atoms with Crippen molar-refractivity contribution >= 4 is 17.8 Å². The minimum Gasteiger partial charge on any atom is -0.479 e. The third-order valence-corrected chi connectivity index (χ3v) is 4.16. The molecule has 104 valence electrons. The van der Waals surface area contributed by atoms with Gasteiger partial charge in [0, 0.05) is 26.1 Å². The number of likely N-dealkylation sites (tertiary alicyclic amines) is 1. The normalized spacial score (nSPS) is 33.6. The summed E-state index contributed by atoms with van der Waals surface area (Å²) in [6.45, 7) is 0.471. The number of aliphatic carboxylic acids is 1. The third kappa shape index (κ3) is 1.68. The number of ether oxygens (including phenoxy) is 2. The minimum absolute atomic E-state index is 0.138. The lowest BCUT2D eigenvalue weighted by Crippen LogP contribution is -2.66. The van der Waals surface area contributed by atoms with Crippen LogP contribution in [0.2, 0.25) is 0 Å². The van der Waals surface area contributed by atoms with Crippen molar-refractivity contribution < 1.29 is 29.0 Å². The Balaban J connectivity index is 1.99. The second-order valence-electron chi connectivity index (χ2n) is 5.15. The highest BCUT2D eigenvalue weighted by atomic mass is 16.5. The summed E-state index contributed by atoms with van der Waals surface area (Å²) in [7, 11) is 0. The monoisotopic (exact) mass is 269 g/mol. The SMILES string of the molecule is O=C1C2CCC(O2)C(=O)N1C1(C(=O)O)CCOCC1. The lowest BCUT2D eigenvalue weighted by atomic mass is 9.87. The van der Waals surface area contributed by atoms with E-state index in [-0.39, 0.29) is 26.1 Å². The van der Waals surface area contributed by atoms with E-state index in [0.29, 0.717) is 12.8 Å². The molecule has 3 heterocycles. The van der Waals surface area contributed by atoms with E-state index < -0.39 is 35.5 Å². The summed E-state index contributed by atoms with van der Waals surface area (Å²) < 4.78 is 10.5. The van der Waals surface area contributed by atoms with Gasteiger partial charge in [-0.3, -0.25) is 14.5 Å². The van der Waals surface area contributed by atoms with Crippen LogP contribution < -0.4 is 0 Å². The number of carboxylic acid groups (broad SMARTS) is 1. The first-order valence-corrected chi connectivity index (χ1v) is 6.41. The van der Waals surface area contributed by atoms with Crippen LogP contribution >= 0.6 is 0 Å². The van der Waals surface area contributed by atoms with Crippen molar-refractivity contribution in [1.82, 2.24) is 4.90 Å². The number of rotatable bonds is 2. The lowest BCUT2D eigenvalue weighted by molar-refractivity contribution is -0.189. The molecule has 2 unspecified atom stereocenters. The molecule has 0 radical (unpaired) electrons. The molecule has 2 bridgehead atoms. The van der Waals surface area contributed by atoms with Gasteiger partial charge >= 0.3 is 5.97 Å². The molecule has 7 nitrogen and oxygen atoms in total. The van der Waals surface area contributed by atoms with Crippen molar-refractivity contribution in [2.75, 3.05) is 13.2 Å². The highest BCUT2D eigenvalue weighted by molar-refractivity contribution is 6.06. The van der Waals surface area contributed by atoms with Crippen molar-refractivity contribution in [3.8, 4) is 0 Å². The lowest BCUT2D eigenvalue weighted by Gasteiger charge is -2.44. The standard InChI is InChI=1S/C12H15NO6/c14-9-7-1-2-8(19-7)10(15)13(9)12(11(16)17)3-5-18-6-4-12/h7-8H,1-6H2,(H,16,17). The van der Waals surface area contributed by atoms with Gasteiger partial charge in [-0.1, -0.05) is 0 Å². The molecule has 3 rings (SSSR count). The molecule has 0 saturated carbocycles. The molecular weight excluding hydrogens is 254 g/mol. The molecule has 0 aromatic carbocycles.